The van der Waals surface area contributed by atoms with E-state index in [2.05, 4.69) is 4.98 Å². The van der Waals surface area contributed by atoms with Gasteiger partial charge in [-0.25, -0.2) is 19.7 Å². The number of aromatic nitrogens is 1. The van der Waals surface area contributed by atoms with Crippen LogP contribution in [0.3, 0.4) is 0 Å². The number of nitrogens with zero attached hydrogens (tertiary/aromatic N) is 1. The number of hydrogen-bond donors (Lipinski definition) is 1. The molecule has 0 aromatic carbocycles. The van der Waals surface area contributed by atoms with Crippen molar-refractivity contribution in [2.45, 2.75) is 11.5 Å². The summed E-state index contributed by atoms with van der Waals surface area (Å²) in [6.45, 7) is 0. The Morgan fingerprint density at radius 3 is 2.33 bits per heavy atom. The van der Waals surface area contributed by atoms with E-state index in [1.54, 1.807) is 6.07 Å². The quantitative estimate of drug-likeness (QED) is 0.709. The summed E-state index contributed by atoms with van der Waals surface area (Å²) in [4.78, 5) is 3.95. The van der Waals surface area contributed by atoms with E-state index >= 15 is 0 Å². The van der Waals surface area contributed by atoms with Crippen LogP contribution in [0.5, 0.6) is 0 Å². The number of halogens is 2. The molecule has 1 rings (SSSR count). The Balaban J connectivity index is 2.86. The minimum Gasteiger partial charge on any atom is -0.251 e. The standard InChI is InChI=1S/C8H11F2NS/c1-12(2)7-4-3-6(5-11-7)8(9)10/h3-5,8,12H,1-2H3. The van der Waals surface area contributed by atoms with Crippen molar-refractivity contribution in [1.29, 1.82) is 0 Å². The fourth-order valence-electron chi connectivity index (χ4n) is 0.791. The van der Waals surface area contributed by atoms with Gasteiger partial charge in [-0.3, -0.25) is 4.98 Å². The van der Waals surface area contributed by atoms with Gasteiger partial charge in [0.1, 0.15) is 0 Å². The molecule has 0 fully saturated rings. The third-order valence-electron chi connectivity index (χ3n) is 1.48. The first-order valence-electron chi connectivity index (χ1n) is 3.52. The predicted molar refractivity (Wildman–Crippen MR) is 48.3 cm³/mol. The van der Waals surface area contributed by atoms with Crippen LogP contribution in [-0.4, -0.2) is 17.5 Å². The average molecular weight is 191 g/mol. The third kappa shape index (κ3) is 2.17. The Labute approximate surface area is 73.2 Å². The van der Waals surface area contributed by atoms with Crippen LogP contribution in [0, 0.1) is 0 Å². The Hall–Kier alpha value is -0.640. The zero-order valence-electron chi connectivity index (χ0n) is 6.96. The molecule has 0 atom stereocenters. The van der Waals surface area contributed by atoms with Crippen LogP contribution in [0.2, 0.25) is 0 Å². The zero-order valence-corrected chi connectivity index (χ0v) is 7.85. The molecule has 0 spiro atoms. The third-order valence-corrected chi connectivity index (χ3v) is 2.66. The summed E-state index contributed by atoms with van der Waals surface area (Å²) in [5.74, 6) is 0. The maximum Gasteiger partial charge on any atom is 0.265 e. The molecule has 1 nitrogen and oxygen atoms in total. The molecular formula is C8H11F2NS. The summed E-state index contributed by atoms with van der Waals surface area (Å²) in [7, 11) is -0.283. The Morgan fingerprint density at radius 2 is 2.00 bits per heavy atom. The highest BCUT2D eigenvalue weighted by Gasteiger charge is 2.06. The topological polar surface area (TPSA) is 12.9 Å². The van der Waals surface area contributed by atoms with Gasteiger partial charge in [0.05, 0.1) is 5.03 Å². The highest BCUT2D eigenvalue weighted by atomic mass is 32.2. The van der Waals surface area contributed by atoms with Crippen molar-refractivity contribution in [2.75, 3.05) is 12.5 Å². The van der Waals surface area contributed by atoms with E-state index in [4.69, 9.17) is 0 Å². The zero-order chi connectivity index (χ0) is 9.14. The van der Waals surface area contributed by atoms with E-state index < -0.39 is 6.43 Å². The fraction of sp³-hybridized carbons (Fsp3) is 0.375. The first kappa shape index (κ1) is 9.45. The van der Waals surface area contributed by atoms with Crippen molar-refractivity contribution in [3.8, 4) is 0 Å². The largest absolute Gasteiger partial charge is 0.265 e. The van der Waals surface area contributed by atoms with Crippen LogP contribution < -0.4 is 0 Å². The van der Waals surface area contributed by atoms with Crippen LogP contribution in [0.4, 0.5) is 8.78 Å². The van der Waals surface area contributed by atoms with Gasteiger partial charge in [0.2, 0.25) is 0 Å². The Morgan fingerprint density at radius 1 is 1.33 bits per heavy atom. The summed E-state index contributed by atoms with van der Waals surface area (Å²) < 4.78 is 24.1. The molecular weight excluding hydrogens is 180 g/mol. The molecule has 0 N–H and O–H groups in total. The van der Waals surface area contributed by atoms with E-state index in [1.165, 1.54) is 12.3 Å². The van der Waals surface area contributed by atoms with Gasteiger partial charge in [-0.1, -0.05) is 0 Å². The van der Waals surface area contributed by atoms with Crippen molar-refractivity contribution >= 4 is 10.9 Å². The second-order valence-electron chi connectivity index (χ2n) is 2.64. The Bertz CT molecular complexity index is 219. The highest BCUT2D eigenvalue weighted by Crippen LogP contribution is 2.27. The van der Waals surface area contributed by atoms with Crippen LogP contribution in [0.1, 0.15) is 12.0 Å². The van der Waals surface area contributed by atoms with Gasteiger partial charge in [0, 0.05) is 11.8 Å². The maximum absolute atomic E-state index is 12.1. The van der Waals surface area contributed by atoms with Gasteiger partial charge < -0.3 is 0 Å². The summed E-state index contributed by atoms with van der Waals surface area (Å²) in [6.07, 6.45) is 2.92. The summed E-state index contributed by atoms with van der Waals surface area (Å²) in [6, 6.07) is 3.11. The number of thiol groups is 1. The Kier molecular flexibility index (Phi) is 3.03. The lowest BCUT2D eigenvalue weighted by molar-refractivity contribution is 0.151. The molecule has 0 saturated carbocycles. The summed E-state index contributed by atoms with van der Waals surface area (Å²) in [5.41, 5.74) is -0.00407. The average Bonchev–Trinajstić information content (AvgIpc) is 2.04. The molecule has 68 valence electrons. The van der Waals surface area contributed by atoms with Crippen molar-refractivity contribution in [3.63, 3.8) is 0 Å². The molecule has 4 heteroatoms. The van der Waals surface area contributed by atoms with Gasteiger partial charge >= 0.3 is 0 Å². The lowest BCUT2D eigenvalue weighted by Crippen LogP contribution is -1.88. The SMILES string of the molecule is C[SH](C)c1ccc(C(F)F)cn1. The highest BCUT2D eigenvalue weighted by molar-refractivity contribution is 8.15. The molecule has 0 aliphatic carbocycles. The van der Waals surface area contributed by atoms with Crippen molar-refractivity contribution in [3.05, 3.63) is 23.9 Å². The van der Waals surface area contributed by atoms with Gasteiger partial charge in [-0.05, 0) is 24.6 Å². The van der Waals surface area contributed by atoms with Crippen LogP contribution in [0.25, 0.3) is 0 Å². The van der Waals surface area contributed by atoms with Gasteiger partial charge in [0.25, 0.3) is 6.43 Å². The molecule has 0 bridgehead atoms. The normalized spacial score (nSPS) is 11.9. The molecule has 0 saturated heterocycles. The second-order valence-corrected chi connectivity index (χ2v) is 4.89. The van der Waals surface area contributed by atoms with E-state index in [-0.39, 0.29) is 16.5 Å². The minimum absolute atomic E-state index is 0.00407. The van der Waals surface area contributed by atoms with E-state index in [0.29, 0.717) is 0 Å². The molecule has 1 aromatic rings. The van der Waals surface area contributed by atoms with Gasteiger partial charge in [-0.15, -0.1) is 0 Å². The van der Waals surface area contributed by atoms with Crippen LogP contribution >= 0.6 is 10.9 Å². The van der Waals surface area contributed by atoms with Crippen molar-refractivity contribution in [1.82, 2.24) is 4.98 Å². The molecule has 1 aromatic heterocycles. The van der Waals surface area contributed by atoms with Gasteiger partial charge in [-0.2, -0.15) is 0 Å². The van der Waals surface area contributed by atoms with E-state index in [1.807, 2.05) is 12.5 Å². The molecule has 0 aliphatic rings. The van der Waals surface area contributed by atoms with Crippen molar-refractivity contribution < 1.29 is 8.78 Å². The molecule has 0 radical (unpaired) electrons. The van der Waals surface area contributed by atoms with Crippen molar-refractivity contribution in [2.24, 2.45) is 0 Å². The molecule has 0 amide bonds. The monoisotopic (exact) mass is 191 g/mol. The minimum atomic E-state index is -2.41. The summed E-state index contributed by atoms with van der Waals surface area (Å²) >= 11 is 0. The van der Waals surface area contributed by atoms with Crippen LogP contribution in [0.15, 0.2) is 23.4 Å². The van der Waals surface area contributed by atoms with Crippen LogP contribution in [-0.2, 0) is 0 Å². The molecule has 0 unspecified atom stereocenters. The fourth-order valence-corrected chi connectivity index (χ4v) is 1.45. The smallest absolute Gasteiger partial charge is 0.251 e. The maximum atomic E-state index is 12.1. The molecule has 0 aliphatic heterocycles. The van der Waals surface area contributed by atoms with E-state index in [9.17, 15) is 8.78 Å². The first-order valence-corrected chi connectivity index (χ1v) is 5.76. The predicted octanol–water partition coefficient (Wildman–Crippen LogP) is 2.64. The first-order chi connectivity index (χ1) is 5.61. The number of pyridine rings is 1. The molecule has 1 heterocycles. The number of hydrogen-bond acceptors (Lipinski definition) is 1. The summed E-state index contributed by atoms with van der Waals surface area (Å²) in [5, 5.41) is 0.911. The number of rotatable bonds is 2. The lowest BCUT2D eigenvalue weighted by Gasteiger charge is -2.08. The molecule has 12 heavy (non-hydrogen) atoms. The lowest BCUT2D eigenvalue weighted by atomic mass is 10.3. The van der Waals surface area contributed by atoms with Gasteiger partial charge in [0.15, 0.2) is 0 Å². The van der Waals surface area contributed by atoms with E-state index in [0.717, 1.165) is 5.03 Å². The number of alkyl halides is 2. The second kappa shape index (κ2) is 3.85.